The van der Waals surface area contributed by atoms with Crippen LogP contribution in [0.3, 0.4) is 0 Å². The van der Waals surface area contributed by atoms with Crippen molar-refractivity contribution in [1.29, 1.82) is 0 Å². The van der Waals surface area contributed by atoms with Crippen LogP contribution in [0.1, 0.15) is 31.5 Å². The molecule has 1 aromatic heterocycles. The number of carbonyl (C=O) groups is 1. The van der Waals surface area contributed by atoms with Crippen molar-refractivity contribution < 1.29 is 14.3 Å². The van der Waals surface area contributed by atoms with Crippen molar-refractivity contribution in [1.82, 2.24) is 9.88 Å². The second kappa shape index (κ2) is 6.65. The lowest BCUT2D eigenvalue weighted by Crippen LogP contribution is -2.35. The third-order valence-corrected chi connectivity index (χ3v) is 4.27. The molecular formula is C14H22N2O3S. The van der Waals surface area contributed by atoms with Crippen LogP contribution in [0.4, 0.5) is 0 Å². The minimum atomic E-state index is -0.685. The standard InChI is InChI=1S/C14H22N2O3S/c1-4-19-13(17)14(2,3)11-10-20-12(15-11)9-16-5-7-18-8-6-16/h10H,4-9H2,1-3H3. The number of ether oxygens (including phenoxy) is 2. The smallest absolute Gasteiger partial charge is 0.317 e. The van der Waals surface area contributed by atoms with Crippen molar-refractivity contribution in [2.24, 2.45) is 0 Å². The summed E-state index contributed by atoms with van der Waals surface area (Å²) in [4.78, 5) is 18.9. The average Bonchev–Trinajstić information content (AvgIpc) is 2.89. The Morgan fingerprint density at radius 3 is 2.85 bits per heavy atom. The van der Waals surface area contributed by atoms with Gasteiger partial charge in [0.25, 0.3) is 0 Å². The summed E-state index contributed by atoms with van der Waals surface area (Å²) in [5, 5.41) is 3.01. The van der Waals surface area contributed by atoms with E-state index in [1.165, 1.54) is 0 Å². The molecule has 0 saturated carbocycles. The molecule has 0 aliphatic carbocycles. The molecule has 20 heavy (non-hydrogen) atoms. The van der Waals surface area contributed by atoms with Gasteiger partial charge in [-0.2, -0.15) is 0 Å². The number of thiazole rings is 1. The first-order valence-corrected chi connectivity index (χ1v) is 7.84. The van der Waals surface area contributed by atoms with Crippen molar-refractivity contribution in [2.45, 2.75) is 32.7 Å². The van der Waals surface area contributed by atoms with Crippen LogP contribution in [0.5, 0.6) is 0 Å². The molecule has 1 saturated heterocycles. The Labute approximate surface area is 123 Å². The van der Waals surface area contributed by atoms with Crippen molar-refractivity contribution in [3.63, 3.8) is 0 Å². The minimum Gasteiger partial charge on any atom is -0.465 e. The molecule has 0 spiro atoms. The fourth-order valence-corrected chi connectivity index (χ4v) is 3.04. The molecule has 1 aliphatic heterocycles. The number of rotatable bonds is 5. The first kappa shape index (κ1) is 15.4. The lowest BCUT2D eigenvalue weighted by molar-refractivity contribution is -0.148. The van der Waals surface area contributed by atoms with E-state index in [0.29, 0.717) is 6.61 Å². The van der Waals surface area contributed by atoms with E-state index in [1.807, 2.05) is 26.2 Å². The Bertz CT molecular complexity index is 453. The van der Waals surface area contributed by atoms with Crippen molar-refractivity contribution in [3.8, 4) is 0 Å². The third kappa shape index (κ3) is 3.56. The van der Waals surface area contributed by atoms with E-state index in [1.54, 1.807) is 11.3 Å². The maximum absolute atomic E-state index is 12.0. The van der Waals surface area contributed by atoms with Gasteiger partial charge in [-0.05, 0) is 20.8 Å². The maximum Gasteiger partial charge on any atom is 0.317 e. The van der Waals surface area contributed by atoms with Crippen LogP contribution in [0, 0.1) is 0 Å². The van der Waals surface area contributed by atoms with Crippen LogP contribution in [-0.2, 0) is 26.2 Å². The SMILES string of the molecule is CCOC(=O)C(C)(C)c1csc(CN2CCOCC2)n1. The number of hydrogen-bond acceptors (Lipinski definition) is 6. The second-order valence-corrected chi connectivity index (χ2v) is 6.30. The molecule has 0 atom stereocenters. The molecule has 1 aromatic rings. The average molecular weight is 298 g/mol. The van der Waals surface area contributed by atoms with E-state index in [-0.39, 0.29) is 5.97 Å². The molecule has 2 heterocycles. The predicted octanol–water partition coefficient (Wildman–Crippen LogP) is 1.82. The lowest BCUT2D eigenvalue weighted by atomic mass is 9.90. The fourth-order valence-electron chi connectivity index (χ4n) is 2.04. The van der Waals surface area contributed by atoms with E-state index in [2.05, 4.69) is 9.88 Å². The zero-order valence-corrected chi connectivity index (χ0v) is 13.2. The largest absolute Gasteiger partial charge is 0.465 e. The Morgan fingerprint density at radius 2 is 2.20 bits per heavy atom. The number of aromatic nitrogens is 1. The van der Waals surface area contributed by atoms with Gasteiger partial charge in [0.05, 0.1) is 32.1 Å². The normalized spacial score (nSPS) is 17.1. The highest BCUT2D eigenvalue weighted by atomic mass is 32.1. The summed E-state index contributed by atoms with van der Waals surface area (Å²) in [5.41, 5.74) is 0.111. The van der Waals surface area contributed by atoms with Gasteiger partial charge in [0, 0.05) is 18.5 Å². The van der Waals surface area contributed by atoms with Crippen molar-refractivity contribution in [3.05, 3.63) is 16.1 Å². The van der Waals surface area contributed by atoms with Crippen molar-refractivity contribution >= 4 is 17.3 Å². The highest BCUT2D eigenvalue weighted by Gasteiger charge is 2.34. The minimum absolute atomic E-state index is 0.219. The third-order valence-electron chi connectivity index (χ3n) is 3.44. The summed E-state index contributed by atoms with van der Waals surface area (Å²) >= 11 is 1.60. The molecule has 112 valence electrons. The summed E-state index contributed by atoms with van der Waals surface area (Å²) in [6.07, 6.45) is 0. The molecule has 0 unspecified atom stereocenters. The lowest BCUT2D eigenvalue weighted by Gasteiger charge is -2.25. The molecule has 6 heteroatoms. The van der Waals surface area contributed by atoms with Crippen LogP contribution >= 0.6 is 11.3 Å². The molecule has 1 fully saturated rings. The summed E-state index contributed by atoms with van der Waals surface area (Å²) < 4.78 is 10.5. The van der Waals surface area contributed by atoms with E-state index in [9.17, 15) is 4.79 Å². The summed E-state index contributed by atoms with van der Waals surface area (Å²) in [6.45, 7) is 10.2. The second-order valence-electron chi connectivity index (χ2n) is 5.36. The maximum atomic E-state index is 12.0. The Morgan fingerprint density at radius 1 is 1.50 bits per heavy atom. The van der Waals surface area contributed by atoms with Gasteiger partial charge in [0.15, 0.2) is 0 Å². The topological polar surface area (TPSA) is 51.7 Å². The van der Waals surface area contributed by atoms with Gasteiger partial charge in [0.2, 0.25) is 0 Å². The van der Waals surface area contributed by atoms with E-state index >= 15 is 0 Å². The molecule has 0 N–H and O–H groups in total. The zero-order valence-electron chi connectivity index (χ0n) is 12.3. The molecule has 0 amide bonds. The van der Waals surface area contributed by atoms with Gasteiger partial charge >= 0.3 is 5.97 Å². The van der Waals surface area contributed by atoms with Crippen LogP contribution in [0.15, 0.2) is 5.38 Å². The Hall–Kier alpha value is -0.980. The quantitative estimate of drug-likeness (QED) is 0.776. The molecule has 1 aliphatic rings. The predicted molar refractivity (Wildman–Crippen MR) is 77.9 cm³/mol. The molecule has 2 rings (SSSR count). The molecular weight excluding hydrogens is 276 g/mol. The first-order valence-electron chi connectivity index (χ1n) is 6.96. The number of hydrogen-bond donors (Lipinski definition) is 0. The van der Waals surface area contributed by atoms with Gasteiger partial charge in [0.1, 0.15) is 10.4 Å². The molecule has 5 nitrogen and oxygen atoms in total. The summed E-state index contributed by atoms with van der Waals surface area (Å²) in [6, 6.07) is 0. The molecule has 0 bridgehead atoms. The van der Waals surface area contributed by atoms with E-state index in [0.717, 1.165) is 43.5 Å². The monoisotopic (exact) mass is 298 g/mol. The van der Waals surface area contributed by atoms with E-state index < -0.39 is 5.41 Å². The van der Waals surface area contributed by atoms with Gasteiger partial charge in [-0.1, -0.05) is 0 Å². The zero-order chi connectivity index (χ0) is 14.6. The highest BCUT2D eigenvalue weighted by molar-refractivity contribution is 7.09. The van der Waals surface area contributed by atoms with Gasteiger partial charge < -0.3 is 9.47 Å². The van der Waals surface area contributed by atoms with Gasteiger partial charge in [-0.25, -0.2) is 4.98 Å². The van der Waals surface area contributed by atoms with Crippen LogP contribution in [0.25, 0.3) is 0 Å². The van der Waals surface area contributed by atoms with Crippen LogP contribution in [0.2, 0.25) is 0 Å². The highest BCUT2D eigenvalue weighted by Crippen LogP contribution is 2.27. The Balaban J connectivity index is 2.02. The van der Waals surface area contributed by atoms with Crippen LogP contribution < -0.4 is 0 Å². The summed E-state index contributed by atoms with van der Waals surface area (Å²) in [7, 11) is 0. The Kier molecular flexibility index (Phi) is 5.12. The van der Waals surface area contributed by atoms with Crippen LogP contribution in [-0.4, -0.2) is 48.8 Å². The molecule has 0 radical (unpaired) electrons. The first-order chi connectivity index (χ1) is 9.54. The number of morpholine rings is 1. The van der Waals surface area contributed by atoms with Gasteiger partial charge in [-0.3, -0.25) is 9.69 Å². The van der Waals surface area contributed by atoms with E-state index in [4.69, 9.17) is 9.47 Å². The molecule has 0 aromatic carbocycles. The fraction of sp³-hybridized carbons (Fsp3) is 0.714. The number of carbonyl (C=O) groups excluding carboxylic acids is 1. The summed E-state index contributed by atoms with van der Waals surface area (Å²) in [5.74, 6) is -0.219. The van der Waals surface area contributed by atoms with Crippen molar-refractivity contribution in [2.75, 3.05) is 32.9 Å². The number of esters is 1. The number of nitrogens with zero attached hydrogens (tertiary/aromatic N) is 2. The van der Waals surface area contributed by atoms with Gasteiger partial charge in [-0.15, -0.1) is 11.3 Å².